The van der Waals surface area contributed by atoms with Crippen LogP contribution in [0, 0.1) is 6.92 Å². The second-order valence-corrected chi connectivity index (χ2v) is 4.43. The van der Waals surface area contributed by atoms with E-state index in [1.165, 1.54) is 12.1 Å². The summed E-state index contributed by atoms with van der Waals surface area (Å²) in [5, 5.41) is 9.34. The fourth-order valence-electron chi connectivity index (χ4n) is 1.97. The van der Waals surface area contributed by atoms with Crippen LogP contribution in [0.5, 0.6) is 0 Å². The minimum Gasteiger partial charge on any atom is -0.477 e. The number of nitrogens with zero attached hydrogens (tertiary/aromatic N) is 1. The second-order valence-electron chi connectivity index (χ2n) is 4.43. The molecule has 0 unspecified atom stereocenters. The molecule has 0 aliphatic heterocycles. The van der Waals surface area contributed by atoms with E-state index in [0.717, 1.165) is 6.07 Å². The third-order valence-electron chi connectivity index (χ3n) is 2.82. The summed E-state index contributed by atoms with van der Waals surface area (Å²) in [6.07, 6.45) is -4.68. The van der Waals surface area contributed by atoms with Crippen molar-refractivity contribution in [3.8, 4) is 0 Å². The van der Waals surface area contributed by atoms with Gasteiger partial charge in [-0.15, -0.1) is 0 Å². The number of benzene rings is 1. The number of alkyl halides is 3. The van der Waals surface area contributed by atoms with E-state index in [1.54, 1.807) is 13.0 Å². The Hall–Kier alpha value is -2.31. The molecule has 20 heavy (non-hydrogen) atoms. The van der Waals surface area contributed by atoms with Crippen molar-refractivity contribution in [1.82, 2.24) is 4.57 Å². The molecule has 1 heterocycles. The number of hydrogen-bond acceptors (Lipinski definition) is 2. The maximum Gasteiger partial charge on any atom is 0.406 e. The smallest absolute Gasteiger partial charge is 0.406 e. The Balaban J connectivity index is 2.82. The first-order valence-corrected chi connectivity index (χ1v) is 5.63. The van der Waals surface area contributed by atoms with Gasteiger partial charge in [-0.2, -0.15) is 13.2 Å². The van der Waals surface area contributed by atoms with Crippen molar-refractivity contribution in [2.45, 2.75) is 19.6 Å². The van der Waals surface area contributed by atoms with E-state index in [0.29, 0.717) is 10.9 Å². The van der Waals surface area contributed by atoms with Gasteiger partial charge in [-0.05, 0) is 24.4 Å². The lowest BCUT2D eigenvalue weighted by molar-refractivity contribution is -0.141. The van der Waals surface area contributed by atoms with E-state index in [2.05, 4.69) is 0 Å². The van der Waals surface area contributed by atoms with E-state index in [-0.39, 0.29) is 9.95 Å². The number of carboxylic acid groups (broad SMARTS) is 1. The van der Waals surface area contributed by atoms with Gasteiger partial charge in [0.05, 0.1) is 0 Å². The van der Waals surface area contributed by atoms with Gasteiger partial charge < -0.3 is 5.11 Å². The van der Waals surface area contributed by atoms with Gasteiger partial charge in [-0.1, -0.05) is 17.7 Å². The Morgan fingerprint density at radius 1 is 1.30 bits per heavy atom. The van der Waals surface area contributed by atoms with Gasteiger partial charge in [-0.25, -0.2) is 4.79 Å². The summed E-state index contributed by atoms with van der Waals surface area (Å²) in [5.74, 6) is -1.58. The summed E-state index contributed by atoms with van der Waals surface area (Å²) < 4.78 is 37.7. The highest BCUT2D eigenvalue weighted by Gasteiger charge is 2.31. The van der Waals surface area contributed by atoms with Crippen LogP contribution in [0.25, 0.3) is 10.8 Å². The molecular formula is C13H10F3NO3. The Kier molecular flexibility index (Phi) is 3.29. The molecule has 106 valence electrons. The molecule has 1 aromatic carbocycles. The lowest BCUT2D eigenvalue weighted by Gasteiger charge is -2.14. The third-order valence-corrected chi connectivity index (χ3v) is 2.82. The Morgan fingerprint density at radius 2 is 1.95 bits per heavy atom. The maximum atomic E-state index is 12.5. The fourth-order valence-corrected chi connectivity index (χ4v) is 1.97. The molecule has 0 amide bonds. The SMILES string of the molecule is Cc1ccc2cc(C(=O)O)n(CC(F)(F)F)c(=O)c2c1. The van der Waals surface area contributed by atoms with Crippen LogP contribution >= 0.6 is 0 Å². The number of carbonyl (C=O) groups is 1. The number of pyridine rings is 1. The van der Waals surface area contributed by atoms with E-state index >= 15 is 0 Å². The van der Waals surface area contributed by atoms with Crippen molar-refractivity contribution in [3.05, 3.63) is 45.9 Å². The highest BCUT2D eigenvalue weighted by atomic mass is 19.4. The topological polar surface area (TPSA) is 59.3 Å². The summed E-state index contributed by atoms with van der Waals surface area (Å²) in [6, 6.07) is 5.68. The van der Waals surface area contributed by atoms with Gasteiger partial charge in [0.15, 0.2) is 0 Å². The van der Waals surface area contributed by atoms with Crippen molar-refractivity contribution in [1.29, 1.82) is 0 Å². The van der Waals surface area contributed by atoms with Gasteiger partial charge in [0, 0.05) is 5.39 Å². The van der Waals surface area contributed by atoms with E-state index in [1.807, 2.05) is 0 Å². The molecule has 0 fully saturated rings. The largest absolute Gasteiger partial charge is 0.477 e. The standard InChI is InChI=1S/C13H10F3NO3/c1-7-2-3-8-5-10(12(19)20)17(6-13(14,15)16)11(18)9(8)4-7/h2-5H,6H2,1H3,(H,19,20). The van der Waals surface area contributed by atoms with Gasteiger partial charge in [-0.3, -0.25) is 9.36 Å². The summed E-state index contributed by atoms with van der Waals surface area (Å²) in [7, 11) is 0. The highest BCUT2D eigenvalue weighted by Crippen LogP contribution is 2.20. The van der Waals surface area contributed by atoms with Gasteiger partial charge >= 0.3 is 12.1 Å². The Morgan fingerprint density at radius 3 is 2.50 bits per heavy atom. The predicted molar refractivity (Wildman–Crippen MR) is 66.0 cm³/mol. The lowest BCUT2D eigenvalue weighted by Crippen LogP contribution is -2.32. The van der Waals surface area contributed by atoms with Gasteiger partial charge in [0.1, 0.15) is 12.2 Å². The summed E-state index contributed by atoms with van der Waals surface area (Å²) >= 11 is 0. The minimum atomic E-state index is -4.68. The molecule has 2 aromatic rings. The van der Waals surface area contributed by atoms with Crippen LogP contribution in [-0.2, 0) is 6.54 Å². The predicted octanol–water partition coefficient (Wildman–Crippen LogP) is 2.57. The zero-order valence-electron chi connectivity index (χ0n) is 10.4. The van der Waals surface area contributed by atoms with E-state index < -0.39 is 29.9 Å². The average Bonchev–Trinajstić information content (AvgIpc) is 2.31. The maximum absolute atomic E-state index is 12.5. The van der Waals surface area contributed by atoms with Crippen molar-refractivity contribution >= 4 is 16.7 Å². The molecule has 0 aliphatic rings. The van der Waals surface area contributed by atoms with Crippen LogP contribution < -0.4 is 5.56 Å². The molecule has 0 radical (unpaired) electrons. The molecule has 1 aromatic heterocycles. The number of hydrogen-bond donors (Lipinski definition) is 1. The first-order valence-electron chi connectivity index (χ1n) is 5.63. The quantitative estimate of drug-likeness (QED) is 0.922. The van der Waals surface area contributed by atoms with E-state index in [9.17, 15) is 22.8 Å². The first-order chi connectivity index (χ1) is 9.19. The molecule has 0 bridgehead atoms. The molecule has 0 aliphatic carbocycles. The monoisotopic (exact) mass is 285 g/mol. The Bertz CT molecular complexity index is 747. The zero-order chi connectivity index (χ0) is 15.1. The summed E-state index contributed by atoms with van der Waals surface area (Å²) in [5.41, 5.74) is -0.930. The van der Waals surface area contributed by atoms with Crippen LogP contribution in [0.4, 0.5) is 13.2 Å². The zero-order valence-corrected chi connectivity index (χ0v) is 10.4. The van der Waals surface area contributed by atoms with Gasteiger partial charge in [0.2, 0.25) is 0 Å². The number of carboxylic acids is 1. The lowest BCUT2D eigenvalue weighted by atomic mass is 10.1. The second kappa shape index (κ2) is 4.66. The first kappa shape index (κ1) is 14.1. The number of aromatic carboxylic acids is 1. The molecule has 1 N–H and O–H groups in total. The number of halogens is 3. The fraction of sp³-hybridized carbons (Fsp3) is 0.231. The molecule has 2 rings (SSSR count). The number of aromatic nitrogens is 1. The molecule has 7 heteroatoms. The highest BCUT2D eigenvalue weighted by molar-refractivity contribution is 5.92. The minimum absolute atomic E-state index is 0.0688. The van der Waals surface area contributed by atoms with E-state index in [4.69, 9.17) is 5.11 Å². The van der Waals surface area contributed by atoms with Crippen LogP contribution in [-0.4, -0.2) is 21.8 Å². The van der Waals surface area contributed by atoms with Gasteiger partial charge in [0.25, 0.3) is 5.56 Å². The molecular weight excluding hydrogens is 275 g/mol. The van der Waals surface area contributed by atoms with Crippen LogP contribution in [0.15, 0.2) is 29.1 Å². The molecule has 0 spiro atoms. The molecule has 4 nitrogen and oxygen atoms in total. The van der Waals surface area contributed by atoms with Crippen molar-refractivity contribution in [2.75, 3.05) is 0 Å². The third kappa shape index (κ3) is 2.66. The Labute approximate surface area is 111 Å². The molecule has 0 atom stereocenters. The van der Waals surface area contributed by atoms with Crippen LogP contribution in [0.2, 0.25) is 0 Å². The normalized spacial score (nSPS) is 11.8. The van der Waals surface area contributed by atoms with Crippen molar-refractivity contribution in [3.63, 3.8) is 0 Å². The number of fused-ring (bicyclic) bond motifs is 1. The van der Waals surface area contributed by atoms with Crippen molar-refractivity contribution < 1.29 is 23.1 Å². The average molecular weight is 285 g/mol. The van der Waals surface area contributed by atoms with Crippen LogP contribution in [0.3, 0.4) is 0 Å². The summed E-state index contributed by atoms with van der Waals surface area (Å²) in [6.45, 7) is 0.0649. The molecule has 0 saturated carbocycles. The summed E-state index contributed by atoms with van der Waals surface area (Å²) in [4.78, 5) is 23.1. The number of rotatable bonds is 2. The van der Waals surface area contributed by atoms with Crippen LogP contribution in [0.1, 0.15) is 16.1 Å². The van der Waals surface area contributed by atoms with Crippen molar-refractivity contribution in [2.24, 2.45) is 0 Å². The number of aryl methyl sites for hydroxylation is 1. The molecule has 0 saturated heterocycles.